The first-order valence-electron chi connectivity index (χ1n) is 10.3. The Hall–Kier alpha value is -2.90. The van der Waals surface area contributed by atoms with Gasteiger partial charge in [0, 0.05) is 17.9 Å². The van der Waals surface area contributed by atoms with E-state index in [1.54, 1.807) is 4.57 Å². The van der Waals surface area contributed by atoms with E-state index in [9.17, 15) is 4.79 Å². The fraction of sp³-hybridized carbons (Fsp3) is 0.360. The van der Waals surface area contributed by atoms with E-state index in [-0.39, 0.29) is 23.7 Å². The van der Waals surface area contributed by atoms with Gasteiger partial charge in [0.05, 0.1) is 28.8 Å². The van der Waals surface area contributed by atoms with Gasteiger partial charge in [-0.05, 0) is 51.0 Å². The number of nitrogens with zero attached hydrogens (tertiary/aromatic N) is 2. The van der Waals surface area contributed by atoms with Gasteiger partial charge < -0.3 is 4.74 Å². The molecule has 0 aliphatic carbocycles. The monoisotopic (exact) mass is 386 g/mol. The molecule has 0 spiro atoms. The van der Waals surface area contributed by atoms with E-state index in [1.807, 2.05) is 55.5 Å². The van der Waals surface area contributed by atoms with Crippen LogP contribution in [0.1, 0.15) is 45.0 Å². The Morgan fingerprint density at radius 2 is 1.79 bits per heavy atom. The number of fused-ring (bicyclic) bond motifs is 1. The Bertz CT molecular complexity index is 1130. The lowest BCUT2D eigenvalue weighted by Gasteiger charge is -2.29. The van der Waals surface area contributed by atoms with Crippen molar-refractivity contribution in [2.24, 2.45) is 5.92 Å². The summed E-state index contributed by atoms with van der Waals surface area (Å²) in [6, 6.07) is 15.4. The summed E-state index contributed by atoms with van der Waals surface area (Å²) in [7, 11) is 0. The molecule has 2 heterocycles. The fourth-order valence-corrected chi connectivity index (χ4v) is 4.16. The zero-order valence-electron chi connectivity index (χ0n) is 17.2. The zero-order chi connectivity index (χ0) is 20.4. The minimum Gasteiger partial charge on any atom is -0.375 e. The molecule has 29 heavy (non-hydrogen) atoms. The molecule has 1 aliphatic heterocycles. The Labute approximate surface area is 171 Å². The number of hydrogen-bond donors (Lipinski definition) is 0. The number of aromatic nitrogens is 2. The normalized spacial score (nSPS) is 21.6. The predicted octanol–water partition coefficient (Wildman–Crippen LogP) is 4.50. The highest BCUT2D eigenvalue weighted by Gasteiger charge is 2.23. The van der Waals surface area contributed by atoms with Crippen LogP contribution in [0.25, 0.3) is 16.6 Å². The molecule has 4 nitrogen and oxygen atoms in total. The third-order valence-corrected chi connectivity index (χ3v) is 5.41. The Kier molecular flexibility index (Phi) is 5.51. The van der Waals surface area contributed by atoms with Crippen LogP contribution < -0.4 is 5.56 Å². The molecule has 0 saturated carbocycles. The molecule has 4 heteroatoms. The van der Waals surface area contributed by atoms with Gasteiger partial charge in [0.25, 0.3) is 5.56 Å². The molecule has 2 aromatic carbocycles. The van der Waals surface area contributed by atoms with E-state index in [0.717, 1.165) is 29.9 Å². The van der Waals surface area contributed by atoms with Crippen LogP contribution in [-0.4, -0.2) is 21.8 Å². The average Bonchev–Trinajstić information content (AvgIpc) is 2.71. The molecule has 2 unspecified atom stereocenters. The quantitative estimate of drug-likeness (QED) is 0.609. The van der Waals surface area contributed by atoms with Crippen LogP contribution in [0.15, 0.2) is 53.3 Å². The van der Waals surface area contributed by atoms with Gasteiger partial charge in [-0.2, -0.15) is 0 Å². The summed E-state index contributed by atoms with van der Waals surface area (Å²) in [4.78, 5) is 18.3. The summed E-state index contributed by atoms with van der Waals surface area (Å²) < 4.78 is 7.53. The lowest BCUT2D eigenvalue weighted by atomic mass is 9.93. The molecule has 1 aliphatic rings. The number of hydrogen-bond acceptors (Lipinski definition) is 3. The predicted molar refractivity (Wildman–Crippen MR) is 116 cm³/mol. The molecule has 4 rings (SSSR count). The highest BCUT2D eigenvalue weighted by molar-refractivity contribution is 5.84. The van der Waals surface area contributed by atoms with Crippen molar-refractivity contribution in [3.63, 3.8) is 0 Å². The molecule has 0 bridgehead atoms. The highest BCUT2D eigenvalue weighted by atomic mass is 16.5. The fourth-order valence-electron chi connectivity index (χ4n) is 4.16. The lowest BCUT2D eigenvalue weighted by Crippen LogP contribution is -2.28. The Balaban J connectivity index is 1.85. The number of ether oxygens (including phenoxy) is 1. The summed E-state index contributed by atoms with van der Waals surface area (Å²) in [5, 5.41) is 0.592. The van der Waals surface area contributed by atoms with Crippen molar-refractivity contribution < 1.29 is 4.74 Å². The average molecular weight is 386 g/mol. The van der Waals surface area contributed by atoms with Crippen LogP contribution in [0.3, 0.4) is 0 Å². The molecule has 1 fully saturated rings. The van der Waals surface area contributed by atoms with Crippen molar-refractivity contribution >= 4 is 10.9 Å². The summed E-state index contributed by atoms with van der Waals surface area (Å²) in [5.41, 5.74) is 2.23. The van der Waals surface area contributed by atoms with Crippen LogP contribution in [0.2, 0.25) is 0 Å². The first-order chi connectivity index (χ1) is 14.1. The summed E-state index contributed by atoms with van der Waals surface area (Å²) in [6.07, 6.45) is 2.96. The zero-order valence-corrected chi connectivity index (χ0v) is 17.2. The van der Waals surface area contributed by atoms with Crippen LogP contribution in [-0.2, 0) is 11.2 Å². The van der Waals surface area contributed by atoms with Crippen molar-refractivity contribution in [2.75, 3.05) is 0 Å². The Morgan fingerprint density at radius 3 is 2.48 bits per heavy atom. The largest absolute Gasteiger partial charge is 0.375 e. The number of rotatable bonds is 2. The van der Waals surface area contributed by atoms with E-state index >= 15 is 0 Å². The van der Waals surface area contributed by atoms with E-state index in [2.05, 4.69) is 25.7 Å². The first kappa shape index (κ1) is 19.4. The summed E-state index contributed by atoms with van der Waals surface area (Å²) >= 11 is 0. The van der Waals surface area contributed by atoms with Crippen LogP contribution >= 0.6 is 0 Å². The van der Waals surface area contributed by atoms with Crippen molar-refractivity contribution in [1.29, 1.82) is 0 Å². The van der Waals surface area contributed by atoms with Gasteiger partial charge in [-0.1, -0.05) is 43.0 Å². The summed E-state index contributed by atoms with van der Waals surface area (Å²) in [6.45, 7) is 6.21. The third-order valence-electron chi connectivity index (χ3n) is 5.41. The van der Waals surface area contributed by atoms with Gasteiger partial charge in [0.2, 0.25) is 0 Å². The molecule has 0 radical (unpaired) electrons. The maximum atomic E-state index is 13.5. The molecule has 0 amide bonds. The van der Waals surface area contributed by atoms with Gasteiger partial charge in [-0.15, -0.1) is 0 Å². The maximum Gasteiger partial charge on any atom is 0.267 e. The van der Waals surface area contributed by atoms with Crippen molar-refractivity contribution in [1.82, 2.24) is 9.55 Å². The van der Waals surface area contributed by atoms with Crippen LogP contribution in [0.5, 0.6) is 0 Å². The molecule has 148 valence electrons. The minimum atomic E-state index is -0.0586. The molecular weight excluding hydrogens is 360 g/mol. The van der Waals surface area contributed by atoms with E-state index < -0.39 is 0 Å². The van der Waals surface area contributed by atoms with Crippen LogP contribution in [0, 0.1) is 17.8 Å². The maximum absolute atomic E-state index is 13.5. The lowest BCUT2D eigenvalue weighted by molar-refractivity contribution is -0.0419. The number of aryl methyl sites for hydroxylation is 1. The highest BCUT2D eigenvalue weighted by Crippen LogP contribution is 2.24. The second kappa shape index (κ2) is 8.23. The standard InChI is InChI=1S/C25H26N2O2/c1-4-23-26-22-12-8-9-20(14-13-19-15-17(2)29-18(3)16-19)24(22)25(28)27(23)21-10-6-5-7-11-21/h5-12,17-19H,4,15-16H2,1-3H3. The third kappa shape index (κ3) is 3.97. The van der Waals surface area contributed by atoms with Gasteiger partial charge in [-0.3, -0.25) is 9.36 Å². The molecule has 1 aromatic heterocycles. The molecule has 0 N–H and O–H groups in total. The van der Waals surface area contributed by atoms with E-state index in [1.165, 1.54) is 0 Å². The van der Waals surface area contributed by atoms with Crippen molar-refractivity contribution in [3.05, 3.63) is 70.3 Å². The van der Waals surface area contributed by atoms with Crippen molar-refractivity contribution in [3.8, 4) is 17.5 Å². The van der Waals surface area contributed by atoms with Crippen molar-refractivity contribution in [2.45, 2.75) is 52.2 Å². The van der Waals surface area contributed by atoms with Gasteiger partial charge in [0.15, 0.2) is 0 Å². The molecule has 3 aromatic rings. The van der Waals surface area contributed by atoms with Crippen LogP contribution in [0.4, 0.5) is 0 Å². The Morgan fingerprint density at radius 1 is 1.07 bits per heavy atom. The SMILES string of the molecule is CCc1nc2cccc(C#CC3CC(C)OC(C)C3)c2c(=O)n1-c1ccccc1. The second-order valence-electron chi connectivity index (χ2n) is 7.75. The topological polar surface area (TPSA) is 44.1 Å². The van der Waals surface area contributed by atoms with Gasteiger partial charge in [-0.25, -0.2) is 4.98 Å². The van der Waals surface area contributed by atoms with Gasteiger partial charge in [0.1, 0.15) is 5.82 Å². The molecular formula is C25H26N2O2. The van der Waals surface area contributed by atoms with E-state index in [4.69, 9.17) is 9.72 Å². The minimum absolute atomic E-state index is 0.0586. The van der Waals surface area contributed by atoms with E-state index in [0.29, 0.717) is 17.3 Å². The van der Waals surface area contributed by atoms with Gasteiger partial charge >= 0.3 is 0 Å². The molecule has 1 saturated heterocycles. The molecule has 2 atom stereocenters. The second-order valence-corrected chi connectivity index (χ2v) is 7.75. The number of benzene rings is 2. The smallest absolute Gasteiger partial charge is 0.267 e. The first-order valence-corrected chi connectivity index (χ1v) is 10.3. The summed E-state index contributed by atoms with van der Waals surface area (Å²) in [5.74, 6) is 7.73. The number of para-hydroxylation sites is 1.